The summed E-state index contributed by atoms with van der Waals surface area (Å²) in [5.74, 6) is -0.0487. The van der Waals surface area contributed by atoms with E-state index in [2.05, 4.69) is 5.32 Å². The molecule has 0 spiro atoms. The maximum absolute atomic E-state index is 12.7. The van der Waals surface area contributed by atoms with Crippen LogP contribution in [0.3, 0.4) is 0 Å². The molecule has 0 aliphatic rings. The predicted molar refractivity (Wildman–Crippen MR) is 97.9 cm³/mol. The standard InChI is InChI=1S/C19H22N2O5/c1-5-26-18-10-15(16(21(23)24)11-17(18)25-4)19(22)20-13(3)14-9-7-6-8-12(14)2/h6-11,13H,5H2,1-4H3,(H,20,22). The second-order valence-electron chi connectivity index (χ2n) is 5.76. The molecule has 0 fully saturated rings. The van der Waals surface area contributed by atoms with Crippen molar-refractivity contribution < 1.29 is 19.2 Å². The van der Waals surface area contributed by atoms with Gasteiger partial charge in [0.05, 0.1) is 30.7 Å². The van der Waals surface area contributed by atoms with Gasteiger partial charge in [0.15, 0.2) is 11.5 Å². The largest absolute Gasteiger partial charge is 0.493 e. The molecule has 0 radical (unpaired) electrons. The highest BCUT2D eigenvalue weighted by molar-refractivity contribution is 5.99. The first-order valence-corrected chi connectivity index (χ1v) is 8.24. The van der Waals surface area contributed by atoms with Crippen LogP contribution in [0.2, 0.25) is 0 Å². The van der Waals surface area contributed by atoms with Crippen molar-refractivity contribution >= 4 is 11.6 Å². The third-order valence-electron chi connectivity index (χ3n) is 4.03. The number of carbonyl (C=O) groups is 1. The van der Waals surface area contributed by atoms with Gasteiger partial charge in [0, 0.05) is 6.07 Å². The van der Waals surface area contributed by atoms with Gasteiger partial charge in [-0.2, -0.15) is 0 Å². The Labute approximate surface area is 152 Å². The minimum atomic E-state index is -0.606. The molecule has 26 heavy (non-hydrogen) atoms. The molecular formula is C19H22N2O5. The van der Waals surface area contributed by atoms with Crippen LogP contribution in [-0.4, -0.2) is 24.5 Å². The number of amides is 1. The van der Waals surface area contributed by atoms with E-state index in [1.54, 1.807) is 6.92 Å². The summed E-state index contributed by atoms with van der Waals surface area (Å²) in [7, 11) is 1.39. The van der Waals surface area contributed by atoms with Gasteiger partial charge in [0.25, 0.3) is 11.6 Å². The van der Waals surface area contributed by atoms with Crippen molar-refractivity contribution in [2.75, 3.05) is 13.7 Å². The highest BCUT2D eigenvalue weighted by atomic mass is 16.6. The molecule has 1 unspecified atom stereocenters. The highest BCUT2D eigenvalue weighted by Crippen LogP contribution is 2.35. The van der Waals surface area contributed by atoms with Crippen LogP contribution < -0.4 is 14.8 Å². The van der Waals surface area contributed by atoms with E-state index in [9.17, 15) is 14.9 Å². The third kappa shape index (κ3) is 4.11. The zero-order chi connectivity index (χ0) is 19.3. The lowest BCUT2D eigenvalue weighted by Crippen LogP contribution is -2.27. The molecule has 7 heteroatoms. The lowest BCUT2D eigenvalue weighted by Gasteiger charge is -2.17. The molecule has 0 saturated carbocycles. The molecule has 0 bridgehead atoms. The topological polar surface area (TPSA) is 90.7 Å². The molecule has 0 heterocycles. The van der Waals surface area contributed by atoms with Crippen LogP contribution in [0, 0.1) is 17.0 Å². The molecule has 1 N–H and O–H groups in total. The zero-order valence-corrected chi connectivity index (χ0v) is 15.2. The van der Waals surface area contributed by atoms with Crippen molar-refractivity contribution in [3.63, 3.8) is 0 Å². The molecule has 0 aliphatic carbocycles. The van der Waals surface area contributed by atoms with Crippen LogP contribution in [0.15, 0.2) is 36.4 Å². The molecule has 0 aliphatic heterocycles. The van der Waals surface area contributed by atoms with Gasteiger partial charge in [-0.3, -0.25) is 14.9 Å². The minimum Gasteiger partial charge on any atom is -0.493 e. The van der Waals surface area contributed by atoms with Crippen molar-refractivity contribution in [3.8, 4) is 11.5 Å². The Hall–Kier alpha value is -3.09. The number of nitro groups is 1. The Morgan fingerprint density at radius 2 is 1.96 bits per heavy atom. The lowest BCUT2D eigenvalue weighted by molar-refractivity contribution is -0.385. The molecule has 2 aromatic rings. The fraction of sp³-hybridized carbons (Fsp3) is 0.316. The fourth-order valence-electron chi connectivity index (χ4n) is 2.73. The number of benzene rings is 2. The maximum Gasteiger partial charge on any atom is 0.286 e. The van der Waals surface area contributed by atoms with Gasteiger partial charge in [-0.1, -0.05) is 24.3 Å². The molecule has 0 aromatic heterocycles. The van der Waals surface area contributed by atoms with Gasteiger partial charge in [0.1, 0.15) is 5.56 Å². The Morgan fingerprint density at radius 1 is 1.27 bits per heavy atom. The summed E-state index contributed by atoms with van der Waals surface area (Å²) in [6.07, 6.45) is 0. The number of nitrogens with one attached hydrogen (secondary N) is 1. The van der Waals surface area contributed by atoms with E-state index in [0.29, 0.717) is 6.61 Å². The van der Waals surface area contributed by atoms with Gasteiger partial charge in [-0.15, -0.1) is 0 Å². The normalized spacial score (nSPS) is 11.5. The van der Waals surface area contributed by atoms with Gasteiger partial charge in [-0.05, 0) is 31.9 Å². The number of hydrogen-bond donors (Lipinski definition) is 1. The number of methoxy groups -OCH3 is 1. The Bertz CT molecular complexity index is 820. The highest BCUT2D eigenvalue weighted by Gasteiger charge is 2.26. The Morgan fingerprint density at radius 3 is 2.54 bits per heavy atom. The Kier molecular flexibility index (Phi) is 6.16. The SMILES string of the molecule is CCOc1cc(C(=O)NC(C)c2ccccc2C)c([N+](=O)[O-])cc1OC. The van der Waals surface area contributed by atoms with Gasteiger partial charge in [0.2, 0.25) is 0 Å². The molecule has 1 atom stereocenters. The first kappa shape index (κ1) is 19.2. The summed E-state index contributed by atoms with van der Waals surface area (Å²) in [5.41, 5.74) is 1.57. The number of rotatable bonds is 7. The predicted octanol–water partition coefficient (Wildman–Crippen LogP) is 3.80. The van der Waals surface area contributed by atoms with E-state index in [1.807, 2.05) is 38.1 Å². The van der Waals surface area contributed by atoms with Gasteiger partial charge in [-0.25, -0.2) is 0 Å². The second kappa shape index (κ2) is 8.33. The molecule has 7 nitrogen and oxygen atoms in total. The second-order valence-corrected chi connectivity index (χ2v) is 5.76. The number of nitro benzene ring substituents is 1. The van der Waals surface area contributed by atoms with Crippen LogP contribution in [0.5, 0.6) is 11.5 Å². The smallest absolute Gasteiger partial charge is 0.286 e. The summed E-state index contributed by atoms with van der Waals surface area (Å²) < 4.78 is 10.6. The van der Waals surface area contributed by atoms with Crippen LogP contribution in [-0.2, 0) is 0 Å². The molecule has 138 valence electrons. The zero-order valence-electron chi connectivity index (χ0n) is 15.2. The van der Waals surface area contributed by atoms with Crippen molar-refractivity contribution in [2.24, 2.45) is 0 Å². The first-order chi connectivity index (χ1) is 12.4. The van der Waals surface area contributed by atoms with E-state index in [4.69, 9.17) is 9.47 Å². The van der Waals surface area contributed by atoms with E-state index in [1.165, 1.54) is 19.2 Å². The van der Waals surface area contributed by atoms with Crippen molar-refractivity contribution in [2.45, 2.75) is 26.8 Å². The van der Waals surface area contributed by atoms with E-state index >= 15 is 0 Å². The molecule has 0 saturated heterocycles. The van der Waals surface area contributed by atoms with Gasteiger partial charge >= 0.3 is 0 Å². The van der Waals surface area contributed by atoms with Crippen molar-refractivity contribution in [1.29, 1.82) is 0 Å². The number of ether oxygens (including phenoxy) is 2. The molecular weight excluding hydrogens is 336 g/mol. The summed E-state index contributed by atoms with van der Waals surface area (Å²) in [6, 6.07) is 9.90. The summed E-state index contributed by atoms with van der Waals surface area (Å²) >= 11 is 0. The molecule has 2 rings (SSSR count). The summed E-state index contributed by atoms with van der Waals surface area (Å²) in [6.45, 7) is 5.90. The van der Waals surface area contributed by atoms with Crippen molar-refractivity contribution in [1.82, 2.24) is 5.32 Å². The third-order valence-corrected chi connectivity index (χ3v) is 4.03. The van der Waals surface area contributed by atoms with Crippen LogP contribution in [0.25, 0.3) is 0 Å². The lowest BCUT2D eigenvalue weighted by atomic mass is 10.0. The first-order valence-electron chi connectivity index (χ1n) is 8.24. The minimum absolute atomic E-state index is 0.0697. The fourth-order valence-corrected chi connectivity index (χ4v) is 2.73. The van der Waals surface area contributed by atoms with E-state index < -0.39 is 10.8 Å². The summed E-state index contributed by atoms with van der Waals surface area (Å²) in [5, 5.41) is 14.2. The Balaban J connectivity index is 2.39. The number of hydrogen-bond acceptors (Lipinski definition) is 5. The summed E-state index contributed by atoms with van der Waals surface area (Å²) in [4.78, 5) is 23.5. The van der Waals surface area contributed by atoms with Crippen LogP contribution >= 0.6 is 0 Å². The maximum atomic E-state index is 12.7. The molecule has 1 amide bonds. The van der Waals surface area contributed by atoms with Crippen LogP contribution in [0.4, 0.5) is 5.69 Å². The quantitative estimate of drug-likeness (QED) is 0.600. The number of aryl methyl sites for hydroxylation is 1. The van der Waals surface area contributed by atoms with Crippen molar-refractivity contribution in [3.05, 3.63) is 63.2 Å². The average Bonchev–Trinajstić information content (AvgIpc) is 2.61. The monoisotopic (exact) mass is 358 g/mol. The van der Waals surface area contributed by atoms with E-state index in [-0.39, 0.29) is 28.8 Å². The van der Waals surface area contributed by atoms with E-state index in [0.717, 1.165) is 11.1 Å². The average molecular weight is 358 g/mol. The number of carbonyl (C=O) groups excluding carboxylic acids is 1. The number of nitrogens with zero attached hydrogens (tertiary/aromatic N) is 1. The van der Waals surface area contributed by atoms with Gasteiger partial charge < -0.3 is 14.8 Å². The molecule has 2 aromatic carbocycles. The van der Waals surface area contributed by atoms with Crippen LogP contribution in [0.1, 0.15) is 41.4 Å².